The van der Waals surface area contributed by atoms with Gasteiger partial charge in [0.05, 0.1) is 0 Å². The lowest BCUT2D eigenvalue weighted by atomic mass is 10.2. The Balaban J connectivity index is 1.62. The Morgan fingerprint density at radius 1 is 1.29 bits per heavy atom. The van der Waals surface area contributed by atoms with Gasteiger partial charge in [-0.1, -0.05) is 6.92 Å². The number of aromatic hydroxyl groups is 1. The number of aromatic carboxylic acids is 1. The first kappa shape index (κ1) is 15.9. The van der Waals surface area contributed by atoms with Gasteiger partial charge in [0.2, 0.25) is 5.91 Å². The number of furan rings is 1. The monoisotopic (exact) mass is 327 g/mol. The van der Waals surface area contributed by atoms with E-state index in [1.165, 1.54) is 24.3 Å². The molecular formula is C18H17NO5. The van der Waals surface area contributed by atoms with Crippen LogP contribution >= 0.6 is 0 Å². The number of carbonyl (C=O) groups excluding carboxylic acids is 1. The van der Waals surface area contributed by atoms with Crippen LogP contribution in [0.1, 0.15) is 41.1 Å². The number of rotatable bonds is 5. The highest BCUT2D eigenvalue weighted by molar-refractivity contribution is 6.02. The fourth-order valence-electron chi connectivity index (χ4n) is 2.51. The first-order valence-corrected chi connectivity index (χ1v) is 7.59. The van der Waals surface area contributed by atoms with Gasteiger partial charge in [-0.2, -0.15) is 0 Å². The third-order valence-electron chi connectivity index (χ3n) is 4.02. The average Bonchev–Trinajstić information content (AvgIpc) is 3.07. The molecule has 1 amide bonds. The van der Waals surface area contributed by atoms with E-state index in [-0.39, 0.29) is 5.56 Å². The van der Waals surface area contributed by atoms with Crippen LogP contribution in [0.2, 0.25) is 0 Å². The molecule has 1 saturated carbocycles. The minimum absolute atomic E-state index is 0.221. The molecule has 1 aliphatic rings. The van der Waals surface area contributed by atoms with E-state index >= 15 is 0 Å². The van der Waals surface area contributed by atoms with Crippen molar-refractivity contribution >= 4 is 23.6 Å². The smallest absolute Gasteiger partial charge is 0.339 e. The van der Waals surface area contributed by atoms with Gasteiger partial charge in [-0.3, -0.25) is 4.79 Å². The second kappa shape index (κ2) is 6.23. The summed E-state index contributed by atoms with van der Waals surface area (Å²) >= 11 is 0. The van der Waals surface area contributed by atoms with E-state index in [4.69, 9.17) is 9.52 Å². The molecule has 2 atom stereocenters. The highest BCUT2D eigenvalue weighted by Crippen LogP contribution is 2.47. The van der Waals surface area contributed by atoms with Gasteiger partial charge >= 0.3 is 5.97 Å². The van der Waals surface area contributed by atoms with Gasteiger partial charge in [0.15, 0.2) is 0 Å². The van der Waals surface area contributed by atoms with Crippen molar-refractivity contribution in [3.05, 3.63) is 53.5 Å². The summed E-state index contributed by atoms with van der Waals surface area (Å²) in [6, 6.07) is 7.57. The Morgan fingerprint density at radius 2 is 2.04 bits per heavy atom. The zero-order chi connectivity index (χ0) is 17.3. The molecule has 1 aliphatic carbocycles. The molecule has 0 spiro atoms. The fourth-order valence-corrected chi connectivity index (χ4v) is 2.51. The van der Waals surface area contributed by atoms with Crippen molar-refractivity contribution in [1.82, 2.24) is 0 Å². The van der Waals surface area contributed by atoms with Crippen LogP contribution < -0.4 is 5.32 Å². The molecule has 0 radical (unpaired) electrons. The molecule has 24 heavy (non-hydrogen) atoms. The second-order valence-electron chi connectivity index (χ2n) is 5.92. The standard InChI is InChI=1S/C18H17NO5/c1-10-8-14(10)16-6-3-12(24-16)4-7-17(21)19-11-2-5-13(18(22)23)15(20)9-11/h2-7,9-10,14,20H,8H2,1H3,(H,19,21)(H,22,23). The Kier molecular flexibility index (Phi) is 4.12. The molecule has 3 rings (SSSR count). The minimum Gasteiger partial charge on any atom is -0.507 e. The summed E-state index contributed by atoms with van der Waals surface area (Å²) < 4.78 is 5.67. The molecule has 1 aromatic heterocycles. The SMILES string of the molecule is CC1CC1c1ccc(C=CC(=O)Nc2ccc(C(=O)O)c(O)c2)o1. The number of carboxylic acids is 1. The lowest BCUT2D eigenvalue weighted by molar-refractivity contribution is -0.111. The van der Waals surface area contributed by atoms with Gasteiger partial charge in [0, 0.05) is 23.7 Å². The number of anilines is 1. The van der Waals surface area contributed by atoms with Crippen LogP contribution in [0.3, 0.4) is 0 Å². The van der Waals surface area contributed by atoms with E-state index in [2.05, 4.69) is 12.2 Å². The van der Waals surface area contributed by atoms with Crippen LogP contribution in [0.15, 0.2) is 40.8 Å². The van der Waals surface area contributed by atoms with Crippen molar-refractivity contribution in [1.29, 1.82) is 0 Å². The predicted octanol–water partition coefficient (Wildman–Crippen LogP) is 3.46. The minimum atomic E-state index is -1.23. The Labute approximate surface area is 138 Å². The van der Waals surface area contributed by atoms with Crippen molar-refractivity contribution in [3.63, 3.8) is 0 Å². The summed E-state index contributed by atoms with van der Waals surface area (Å²) in [4.78, 5) is 22.7. The van der Waals surface area contributed by atoms with Gasteiger partial charge in [-0.25, -0.2) is 4.79 Å². The third-order valence-corrected chi connectivity index (χ3v) is 4.02. The van der Waals surface area contributed by atoms with Crippen molar-refractivity contribution in [2.45, 2.75) is 19.3 Å². The molecule has 2 aromatic rings. The first-order valence-electron chi connectivity index (χ1n) is 7.59. The molecule has 1 fully saturated rings. The van der Waals surface area contributed by atoms with Gasteiger partial charge in [0.1, 0.15) is 22.8 Å². The summed E-state index contributed by atoms with van der Waals surface area (Å²) in [5.74, 6) is 0.632. The third kappa shape index (κ3) is 3.48. The van der Waals surface area contributed by atoms with Crippen LogP contribution in [0, 0.1) is 5.92 Å². The second-order valence-corrected chi connectivity index (χ2v) is 5.92. The van der Waals surface area contributed by atoms with E-state index in [9.17, 15) is 14.7 Å². The number of phenols is 1. The summed E-state index contributed by atoms with van der Waals surface area (Å²) in [6.07, 6.45) is 4.02. The number of hydrogen-bond acceptors (Lipinski definition) is 4. The molecular weight excluding hydrogens is 310 g/mol. The van der Waals surface area contributed by atoms with Crippen molar-refractivity contribution in [2.75, 3.05) is 5.32 Å². The quantitative estimate of drug-likeness (QED) is 0.730. The molecule has 1 heterocycles. The molecule has 1 aromatic carbocycles. The zero-order valence-electron chi connectivity index (χ0n) is 13.0. The Hall–Kier alpha value is -3.02. The summed E-state index contributed by atoms with van der Waals surface area (Å²) in [7, 11) is 0. The lowest BCUT2D eigenvalue weighted by Gasteiger charge is -2.04. The molecule has 2 unspecified atom stereocenters. The Bertz CT molecular complexity index is 821. The lowest BCUT2D eigenvalue weighted by Crippen LogP contribution is -2.08. The van der Waals surface area contributed by atoms with Crippen LogP contribution in [0.4, 0.5) is 5.69 Å². The number of nitrogens with one attached hydrogen (secondary N) is 1. The van der Waals surface area contributed by atoms with Crippen LogP contribution in [-0.2, 0) is 4.79 Å². The first-order chi connectivity index (χ1) is 11.4. The number of carboxylic acid groups (broad SMARTS) is 1. The molecule has 0 bridgehead atoms. The highest BCUT2D eigenvalue weighted by Gasteiger charge is 2.36. The van der Waals surface area contributed by atoms with Gasteiger partial charge < -0.3 is 19.9 Å². The maximum atomic E-state index is 11.9. The maximum Gasteiger partial charge on any atom is 0.339 e. The normalized spacial score (nSPS) is 19.4. The Morgan fingerprint density at radius 3 is 2.67 bits per heavy atom. The summed E-state index contributed by atoms with van der Waals surface area (Å²) in [6.45, 7) is 2.17. The molecule has 0 saturated heterocycles. The average molecular weight is 327 g/mol. The summed E-state index contributed by atoms with van der Waals surface area (Å²) in [5.41, 5.74) is 0.0834. The van der Waals surface area contributed by atoms with Crippen molar-refractivity contribution in [2.24, 2.45) is 5.92 Å². The van der Waals surface area contributed by atoms with E-state index < -0.39 is 17.6 Å². The predicted molar refractivity (Wildman–Crippen MR) is 88.0 cm³/mol. The van der Waals surface area contributed by atoms with Gasteiger partial charge in [-0.05, 0) is 42.7 Å². The molecule has 6 nitrogen and oxygen atoms in total. The van der Waals surface area contributed by atoms with Gasteiger partial charge in [0.25, 0.3) is 0 Å². The number of hydrogen-bond donors (Lipinski definition) is 3. The summed E-state index contributed by atoms with van der Waals surface area (Å²) in [5, 5.41) is 21.0. The molecule has 124 valence electrons. The highest BCUT2D eigenvalue weighted by atomic mass is 16.4. The van der Waals surface area contributed by atoms with E-state index in [1.807, 2.05) is 12.1 Å². The number of carbonyl (C=O) groups is 2. The van der Waals surface area contributed by atoms with E-state index in [0.29, 0.717) is 23.3 Å². The zero-order valence-corrected chi connectivity index (χ0v) is 13.0. The maximum absolute atomic E-state index is 11.9. The van der Waals surface area contributed by atoms with Crippen LogP contribution in [0.5, 0.6) is 5.75 Å². The largest absolute Gasteiger partial charge is 0.507 e. The van der Waals surface area contributed by atoms with Crippen LogP contribution in [0.25, 0.3) is 6.08 Å². The molecule has 6 heteroatoms. The van der Waals surface area contributed by atoms with Crippen LogP contribution in [-0.4, -0.2) is 22.1 Å². The van der Waals surface area contributed by atoms with E-state index in [1.54, 1.807) is 6.08 Å². The molecule has 0 aliphatic heterocycles. The van der Waals surface area contributed by atoms with Crippen molar-refractivity contribution in [3.8, 4) is 5.75 Å². The topological polar surface area (TPSA) is 99.8 Å². The molecule has 3 N–H and O–H groups in total. The van der Waals surface area contributed by atoms with Gasteiger partial charge in [-0.15, -0.1) is 0 Å². The van der Waals surface area contributed by atoms with E-state index in [0.717, 1.165) is 12.2 Å². The number of benzene rings is 1. The number of amides is 1. The van der Waals surface area contributed by atoms with Crippen molar-refractivity contribution < 1.29 is 24.2 Å². The fraction of sp³-hybridized carbons (Fsp3) is 0.222.